The van der Waals surface area contributed by atoms with E-state index < -0.39 is 0 Å². The molecule has 1 aromatic carbocycles. The topological polar surface area (TPSA) is 94.3 Å². The minimum Gasteiger partial charge on any atom is -0.337 e. The fourth-order valence-corrected chi connectivity index (χ4v) is 4.87. The van der Waals surface area contributed by atoms with Gasteiger partial charge in [-0.3, -0.25) is 14.7 Å². The molecule has 0 spiro atoms. The summed E-state index contributed by atoms with van der Waals surface area (Å²) in [5, 5.41) is 12.0. The summed E-state index contributed by atoms with van der Waals surface area (Å²) < 4.78 is 1.30. The van der Waals surface area contributed by atoms with Gasteiger partial charge in [0.25, 0.3) is 11.5 Å². The summed E-state index contributed by atoms with van der Waals surface area (Å²) in [6.07, 6.45) is 8.59. The molecule has 2 aromatic heterocycles. The van der Waals surface area contributed by atoms with Crippen molar-refractivity contribution in [2.24, 2.45) is 5.92 Å². The lowest BCUT2D eigenvalue weighted by Gasteiger charge is -2.22. The summed E-state index contributed by atoms with van der Waals surface area (Å²) in [5.41, 5.74) is 3.20. The van der Waals surface area contributed by atoms with Crippen molar-refractivity contribution in [3.05, 3.63) is 58.0 Å². The maximum atomic E-state index is 13.0. The number of aromatic nitrogens is 3. The number of carbonyl (C=O) groups is 1. The molecule has 3 aromatic rings. The monoisotopic (exact) mass is 415 g/mol. The predicted molar refractivity (Wildman–Crippen MR) is 117 cm³/mol. The molecule has 1 N–H and O–H groups in total. The van der Waals surface area contributed by atoms with E-state index in [1.807, 2.05) is 12.1 Å². The number of likely N-dealkylation sites (tertiary alicyclic amines) is 1. The Bertz CT molecular complexity index is 1210. The molecular weight excluding hydrogens is 390 g/mol. The van der Waals surface area contributed by atoms with Crippen LogP contribution in [0, 0.1) is 17.2 Å². The maximum absolute atomic E-state index is 13.0. The second kappa shape index (κ2) is 8.03. The van der Waals surface area contributed by atoms with Crippen molar-refractivity contribution in [3.63, 3.8) is 0 Å². The normalized spacial score (nSPS) is 19.6. The number of nitriles is 1. The van der Waals surface area contributed by atoms with Crippen molar-refractivity contribution < 1.29 is 4.79 Å². The maximum Gasteiger partial charge on any atom is 0.273 e. The van der Waals surface area contributed by atoms with Gasteiger partial charge in [-0.25, -0.2) is 9.50 Å². The molecule has 7 heteroatoms. The highest BCUT2D eigenvalue weighted by molar-refractivity contribution is 6.00. The first-order valence-corrected chi connectivity index (χ1v) is 11.0. The number of rotatable bonds is 3. The lowest BCUT2D eigenvalue weighted by atomic mass is 9.84. The van der Waals surface area contributed by atoms with E-state index in [9.17, 15) is 9.59 Å². The second-order valence-electron chi connectivity index (χ2n) is 8.65. The zero-order chi connectivity index (χ0) is 21.4. The molecule has 3 heterocycles. The molecule has 158 valence electrons. The van der Waals surface area contributed by atoms with Gasteiger partial charge in [0, 0.05) is 30.9 Å². The van der Waals surface area contributed by atoms with Crippen LogP contribution in [0.1, 0.15) is 60.4 Å². The third-order valence-electron chi connectivity index (χ3n) is 6.67. The van der Waals surface area contributed by atoms with E-state index in [1.165, 1.54) is 54.4 Å². The Balaban J connectivity index is 1.46. The third-order valence-corrected chi connectivity index (χ3v) is 6.67. The summed E-state index contributed by atoms with van der Waals surface area (Å²) in [5.74, 6) is 0.284. The van der Waals surface area contributed by atoms with E-state index in [2.05, 4.69) is 28.3 Å². The summed E-state index contributed by atoms with van der Waals surface area (Å²) in [7, 11) is 0. The van der Waals surface area contributed by atoms with Gasteiger partial charge in [-0.15, -0.1) is 0 Å². The van der Waals surface area contributed by atoms with E-state index in [0.29, 0.717) is 42.3 Å². The lowest BCUT2D eigenvalue weighted by Crippen LogP contribution is -2.28. The Hall–Kier alpha value is -3.40. The predicted octanol–water partition coefficient (Wildman–Crippen LogP) is 3.72. The quantitative estimate of drug-likeness (QED) is 0.705. The summed E-state index contributed by atoms with van der Waals surface area (Å²) in [4.78, 5) is 32.0. The van der Waals surface area contributed by atoms with Crippen LogP contribution in [0.25, 0.3) is 16.9 Å². The number of nitrogens with one attached hydrogen (secondary N) is 1. The fraction of sp³-hybridized carbons (Fsp3) is 0.417. The zero-order valence-corrected chi connectivity index (χ0v) is 17.4. The fourth-order valence-electron chi connectivity index (χ4n) is 4.87. The van der Waals surface area contributed by atoms with E-state index in [0.717, 1.165) is 5.56 Å². The van der Waals surface area contributed by atoms with Crippen LogP contribution in [0.15, 0.2) is 41.3 Å². The number of H-pyrrole nitrogens is 1. The van der Waals surface area contributed by atoms with E-state index >= 15 is 0 Å². The Labute approximate surface area is 180 Å². The number of nitrogens with zero attached hydrogens (tertiary/aromatic N) is 4. The summed E-state index contributed by atoms with van der Waals surface area (Å²) >= 11 is 0. The third kappa shape index (κ3) is 3.63. The number of hydrogen-bond acceptors (Lipinski definition) is 4. The number of amides is 1. The van der Waals surface area contributed by atoms with Crippen LogP contribution in [0.2, 0.25) is 0 Å². The van der Waals surface area contributed by atoms with Gasteiger partial charge in [0.1, 0.15) is 5.56 Å². The number of benzene rings is 1. The van der Waals surface area contributed by atoms with Gasteiger partial charge < -0.3 is 4.90 Å². The molecule has 31 heavy (non-hydrogen) atoms. The number of carbonyl (C=O) groups excluding carboxylic acids is 1. The molecule has 1 unspecified atom stereocenters. The highest BCUT2D eigenvalue weighted by Gasteiger charge is 2.29. The first-order chi connectivity index (χ1) is 15.1. The van der Waals surface area contributed by atoms with Gasteiger partial charge in [0.05, 0.1) is 17.7 Å². The van der Waals surface area contributed by atoms with E-state index in [4.69, 9.17) is 5.26 Å². The Morgan fingerprint density at radius 1 is 1.13 bits per heavy atom. The first kappa shape index (κ1) is 19.6. The number of hydrogen-bond donors (Lipinski definition) is 1. The van der Waals surface area contributed by atoms with Crippen LogP contribution >= 0.6 is 0 Å². The molecule has 5 rings (SSSR count). The molecule has 0 radical (unpaired) electrons. The van der Waals surface area contributed by atoms with Gasteiger partial charge in [0.2, 0.25) is 0 Å². The standard InChI is InChI=1S/C24H25N5O2/c25-13-16-10-11-28(15-16)24(31)20-14-26-29-22(30)12-21(27-23(20)29)19-8-6-18(7-9-19)17-4-2-1-3-5-17/h6-9,12,14,16-17,26H,1-5,10-11,15H2. The van der Waals surface area contributed by atoms with Gasteiger partial charge in [-0.2, -0.15) is 5.26 Å². The minimum atomic E-state index is -0.258. The molecule has 1 aliphatic heterocycles. The van der Waals surface area contributed by atoms with E-state index in [-0.39, 0.29) is 17.4 Å². The van der Waals surface area contributed by atoms with Crippen molar-refractivity contribution in [1.29, 1.82) is 5.26 Å². The molecule has 1 aliphatic carbocycles. The highest BCUT2D eigenvalue weighted by Crippen LogP contribution is 2.33. The SMILES string of the molecule is N#CC1CCN(C(=O)c2c[nH]n3c(=O)cc(-c4ccc(C5CCCCC5)cc4)nc23)C1. The Morgan fingerprint density at radius 3 is 2.61 bits per heavy atom. The molecular formula is C24H25N5O2. The van der Waals surface area contributed by atoms with Gasteiger partial charge in [0.15, 0.2) is 5.65 Å². The van der Waals surface area contributed by atoms with Crippen molar-refractivity contribution in [2.75, 3.05) is 13.1 Å². The second-order valence-corrected chi connectivity index (χ2v) is 8.65. The van der Waals surface area contributed by atoms with E-state index in [1.54, 1.807) is 4.90 Å². The zero-order valence-electron chi connectivity index (χ0n) is 17.4. The summed E-state index contributed by atoms with van der Waals surface area (Å²) in [6, 6.07) is 12.1. The van der Waals surface area contributed by atoms with Crippen LogP contribution in [-0.2, 0) is 0 Å². The Kier molecular flexibility index (Phi) is 5.06. The molecule has 1 amide bonds. The van der Waals surface area contributed by atoms with Crippen LogP contribution in [0.5, 0.6) is 0 Å². The van der Waals surface area contributed by atoms with Crippen LogP contribution in [0.4, 0.5) is 0 Å². The first-order valence-electron chi connectivity index (χ1n) is 11.0. The Morgan fingerprint density at radius 2 is 1.90 bits per heavy atom. The number of aromatic amines is 1. The molecule has 1 atom stereocenters. The molecule has 2 aliphatic rings. The smallest absolute Gasteiger partial charge is 0.273 e. The average Bonchev–Trinajstić information content (AvgIpc) is 3.47. The van der Waals surface area contributed by atoms with Crippen molar-refractivity contribution in [2.45, 2.75) is 44.4 Å². The molecule has 7 nitrogen and oxygen atoms in total. The molecule has 1 saturated heterocycles. The molecule has 1 saturated carbocycles. The van der Waals surface area contributed by atoms with Gasteiger partial charge in [-0.1, -0.05) is 43.5 Å². The van der Waals surface area contributed by atoms with Crippen LogP contribution in [-0.4, -0.2) is 38.5 Å². The molecule has 2 fully saturated rings. The van der Waals surface area contributed by atoms with Crippen LogP contribution < -0.4 is 5.56 Å². The largest absolute Gasteiger partial charge is 0.337 e. The van der Waals surface area contributed by atoms with Crippen LogP contribution in [0.3, 0.4) is 0 Å². The molecule has 0 bridgehead atoms. The number of fused-ring (bicyclic) bond motifs is 1. The van der Waals surface area contributed by atoms with Gasteiger partial charge in [-0.05, 0) is 30.7 Å². The lowest BCUT2D eigenvalue weighted by molar-refractivity contribution is 0.0791. The van der Waals surface area contributed by atoms with Crippen molar-refractivity contribution in [1.82, 2.24) is 19.5 Å². The minimum absolute atomic E-state index is 0.136. The van der Waals surface area contributed by atoms with Crippen molar-refractivity contribution in [3.8, 4) is 17.3 Å². The average molecular weight is 415 g/mol. The summed E-state index contributed by atoms with van der Waals surface area (Å²) in [6.45, 7) is 0.959. The van der Waals surface area contributed by atoms with Gasteiger partial charge >= 0.3 is 0 Å². The highest BCUT2D eigenvalue weighted by atomic mass is 16.2. The van der Waals surface area contributed by atoms with Crippen molar-refractivity contribution >= 4 is 11.6 Å².